The van der Waals surface area contributed by atoms with Crippen LogP contribution >= 0.6 is 0 Å². The fourth-order valence-corrected chi connectivity index (χ4v) is 1.25. The predicted molar refractivity (Wildman–Crippen MR) is 48.4 cm³/mol. The quantitative estimate of drug-likeness (QED) is 0.648. The van der Waals surface area contributed by atoms with Gasteiger partial charge in [0.15, 0.2) is 0 Å². The Morgan fingerprint density at radius 1 is 1.36 bits per heavy atom. The molecule has 0 saturated heterocycles. The van der Waals surface area contributed by atoms with Crippen LogP contribution in [0, 0.1) is 13.3 Å². The molecule has 2 rings (SSSR count). The van der Waals surface area contributed by atoms with Gasteiger partial charge in [-0.3, -0.25) is 4.79 Å². The summed E-state index contributed by atoms with van der Waals surface area (Å²) in [6.45, 7) is 1.87. The van der Waals surface area contributed by atoms with Crippen molar-refractivity contribution < 1.29 is 32.7 Å². The molecular formula is C9H8N3OY-. The molecule has 2 aromatic rings. The molecule has 0 aliphatic carbocycles. The van der Waals surface area contributed by atoms with E-state index in [0.717, 1.165) is 11.1 Å². The first-order valence-electron chi connectivity index (χ1n) is 3.90. The van der Waals surface area contributed by atoms with Crippen LogP contribution in [0.3, 0.4) is 0 Å². The second-order valence-corrected chi connectivity index (χ2v) is 2.88. The van der Waals surface area contributed by atoms with Crippen molar-refractivity contribution in [1.82, 2.24) is 14.5 Å². The van der Waals surface area contributed by atoms with Crippen LogP contribution in [0.2, 0.25) is 0 Å². The summed E-state index contributed by atoms with van der Waals surface area (Å²) in [5.41, 5.74) is 1.39. The van der Waals surface area contributed by atoms with E-state index in [2.05, 4.69) is 16.3 Å². The van der Waals surface area contributed by atoms with Crippen LogP contribution in [-0.2, 0) is 39.8 Å². The Labute approximate surface area is 106 Å². The van der Waals surface area contributed by atoms with Crippen LogP contribution < -0.4 is 5.56 Å². The molecule has 0 amide bonds. The van der Waals surface area contributed by atoms with Crippen molar-refractivity contribution in [2.45, 2.75) is 6.92 Å². The third-order valence-electron chi connectivity index (χ3n) is 2.05. The molecule has 5 heteroatoms. The molecule has 0 unspecified atom stereocenters. The first-order chi connectivity index (χ1) is 6.20. The molecule has 0 saturated carbocycles. The van der Waals surface area contributed by atoms with Gasteiger partial charge in [0.2, 0.25) is 5.56 Å². The van der Waals surface area contributed by atoms with Gasteiger partial charge in [0.05, 0.1) is 0 Å². The van der Waals surface area contributed by atoms with Crippen LogP contribution in [0.25, 0.3) is 11.0 Å². The van der Waals surface area contributed by atoms with Crippen LogP contribution in [0.5, 0.6) is 0 Å². The van der Waals surface area contributed by atoms with Crippen LogP contribution in [0.4, 0.5) is 0 Å². The van der Waals surface area contributed by atoms with E-state index in [0.29, 0.717) is 5.65 Å². The molecule has 0 fully saturated rings. The van der Waals surface area contributed by atoms with Gasteiger partial charge in [-0.15, -0.1) is 0 Å². The second kappa shape index (κ2) is 4.28. The van der Waals surface area contributed by atoms with Crippen molar-refractivity contribution in [3.05, 3.63) is 34.5 Å². The number of aryl methyl sites for hydroxylation is 2. The van der Waals surface area contributed by atoms with Crippen LogP contribution in [0.15, 0.2) is 16.9 Å². The van der Waals surface area contributed by atoms with Gasteiger partial charge in [0, 0.05) is 57.8 Å². The molecule has 0 spiro atoms. The van der Waals surface area contributed by atoms with Crippen molar-refractivity contribution in [2.75, 3.05) is 0 Å². The summed E-state index contributed by atoms with van der Waals surface area (Å²) in [6, 6.07) is 3.25. The Balaban J connectivity index is 0.000000980. The summed E-state index contributed by atoms with van der Waals surface area (Å²) in [7, 11) is 1.69. The average Bonchev–Trinajstić information content (AvgIpc) is 2.12. The Bertz CT molecular complexity index is 521. The monoisotopic (exact) mass is 263 g/mol. The first kappa shape index (κ1) is 11.5. The van der Waals surface area contributed by atoms with Gasteiger partial charge in [-0.05, 0) is 0 Å². The van der Waals surface area contributed by atoms with Gasteiger partial charge < -0.3 is 14.5 Å². The molecule has 0 bridgehead atoms. The Morgan fingerprint density at radius 3 is 2.79 bits per heavy atom. The van der Waals surface area contributed by atoms with E-state index in [9.17, 15) is 4.79 Å². The van der Waals surface area contributed by atoms with Gasteiger partial charge in [0.25, 0.3) is 0 Å². The summed E-state index contributed by atoms with van der Waals surface area (Å²) in [5.74, 6) is 0. The molecule has 0 aromatic carbocycles. The number of aromatic nitrogens is 3. The van der Waals surface area contributed by atoms with Crippen molar-refractivity contribution >= 4 is 11.0 Å². The molecule has 14 heavy (non-hydrogen) atoms. The maximum Gasteiger partial charge on any atom is 0.240 e. The Hall–Kier alpha value is -0.606. The molecule has 1 radical (unpaired) electrons. The fourth-order valence-electron chi connectivity index (χ4n) is 1.25. The Morgan fingerprint density at radius 2 is 2.07 bits per heavy atom. The summed E-state index contributed by atoms with van der Waals surface area (Å²) in [5, 5.41) is 0.890. The van der Waals surface area contributed by atoms with Gasteiger partial charge in [-0.25, -0.2) is 0 Å². The van der Waals surface area contributed by atoms with Crippen LogP contribution in [-0.4, -0.2) is 14.5 Å². The van der Waals surface area contributed by atoms with Gasteiger partial charge in [-0.2, -0.15) is 0 Å². The minimum absolute atomic E-state index is 0. The molecular weight excluding hydrogens is 255 g/mol. The molecule has 0 atom stereocenters. The standard InChI is InChI=1S/C9H8N3O.Y/c1-6-7-3-4-8(13)12(2)9(7)11-5-10-6;/h3-4H,1-2H3;/q-1;. The average molecular weight is 263 g/mol. The molecule has 0 aliphatic rings. The predicted octanol–water partition coefficient (Wildman–Crippen LogP) is 0.435. The fraction of sp³-hybridized carbons (Fsp3) is 0.222. The summed E-state index contributed by atoms with van der Waals surface area (Å²) in [4.78, 5) is 19.1. The zero-order chi connectivity index (χ0) is 9.42. The minimum Gasteiger partial charge on any atom is -0.370 e. The molecule has 0 aliphatic heterocycles. The van der Waals surface area contributed by atoms with E-state index in [1.165, 1.54) is 10.6 Å². The Kier molecular flexibility index (Phi) is 3.50. The number of nitrogens with zero attached hydrogens (tertiary/aromatic N) is 3. The van der Waals surface area contributed by atoms with Crippen LogP contribution in [0.1, 0.15) is 5.69 Å². The van der Waals surface area contributed by atoms with E-state index in [1.807, 2.05) is 6.92 Å². The van der Waals surface area contributed by atoms with Gasteiger partial charge in [-0.1, -0.05) is 24.1 Å². The third-order valence-corrected chi connectivity index (χ3v) is 2.05. The normalized spacial score (nSPS) is 9.86. The second-order valence-electron chi connectivity index (χ2n) is 2.88. The zero-order valence-electron chi connectivity index (χ0n) is 7.98. The van der Waals surface area contributed by atoms with Crippen molar-refractivity contribution in [3.8, 4) is 0 Å². The molecule has 0 N–H and O–H groups in total. The SMILES string of the molecule is Cc1n[c-]nc2c1ccc(=O)n2C.[Y]. The van der Waals surface area contributed by atoms with E-state index in [4.69, 9.17) is 0 Å². The van der Waals surface area contributed by atoms with Crippen molar-refractivity contribution in [2.24, 2.45) is 7.05 Å². The maximum absolute atomic E-state index is 11.2. The third kappa shape index (κ3) is 1.77. The minimum atomic E-state index is -0.0704. The zero-order valence-corrected chi connectivity index (χ0v) is 10.8. The number of hydrogen-bond donors (Lipinski definition) is 0. The van der Waals surface area contributed by atoms with E-state index >= 15 is 0 Å². The number of pyridine rings is 1. The molecule has 69 valence electrons. The van der Waals surface area contributed by atoms with Gasteiger partial charge in [0.1, 0.15) is 0 Å². The summed E-state index contributed by atoms with van der Waals surface area (Å²) < 4.78 is 1.49. The first-order valence-corrected chi connectivity index (χ1v) is 3.90. The largest absolute Gasteiger partial charge is 0.370 e. The molecule has 2 heterocycles. The molecule has 2 aromatic heterocycles. The maximum atomic E-state index is 11.2. The van der Waals surface area contributed by atoms with E-state index < -0.39 is 0 Å². The van der Waals surface area contributed by atoms with Crippen molar-refractivity contribution in [3.63, 3.8) is 0 Å². The van der Waals surface area contributed by atoms with E-state index in [1.54, 1.807) is 13.1 Å². The summed E-state index contributed by atoms with van der Waals surface area (Å²) in [6.07, 6.45) is 2.51. The summed E-state index contributed by atoms with van der Waals surface area (Å²) >= 11 is 0. The van der Waals surface area contributed by atoms with Crippen molar-refractivity contribution in [1.29, 1.82) is 0 Å². The number of fused-ring (bicyclic) bond motifs is 1. The number of rotatable bonds is 0. The van der Waals surface area contributed by atoms with E-state index in [-0.39, 0.29) is 38.3 Å². The van der Waals surface area contributed by atoms with Gasteiger partial charge >= 0.3 is 0 Å². The smallest absolute Gasteiger partial charge is 0.240 e. The topological polar surface area (TPSA) is 47.8 Å². The molecule has 4 nitrogen and oxygen atoms in total. The number of hydrogen-bond acceptors (Lipinski definition) is 3.